The number of hydrogen-bond donors (Lipinski definition) is 0. The largest absolute Gasteiger partial charge is 0.489 e. The predicted octanol–water partition coefficient (Wildman–Crippen LogP) is 6.41. The molecule has 2 heteroatoms. The predicted molar refractivity (Wildman–Crippen MR) is 101 cm³/mol. The Morgan fingerprint density at radius 3 is 2.13 bits per heavy atom. The molecule has 3 rings (SSSR count). The summed E-state index contributed by atoms with van der Waals surface area (Å²) in [7, 11) is 0. The lowest BCUT2D eigenvalue weighted by Gasteiger charge is -2.19. The lowest BCUT2D eigenvalue weighted by atomic mass is 9.84. The highest BCUT2D eigenvalue weighted by atomic mass is 79.9. The van der Waals surface area contributed by atoms with E-state index in [-0.39, 0.29) is 6.10 Å². The molecule has 0 saturated heterocycles. The first kappa shape index (κ1) is 16.6. The maximum Gasteiger partial charge on any atom is 0.127 e. The molecule has 0 amide bonds. The maximum atomic E-state index is 6.28. The van der Waals surface area contributed by atoms with E-state index in [4.69, 9.17) is 4.74 Å². The summed E-state index contributed by atoms with van der Waals surface area (Å²) in [6, 6.07) is 9.07. The van der Waals surface area contributed by atoms with Gasteiger partial charge in [0.25, 0.3) is 0 Å². The summed E-state index contributed by atoms with van der Waals surface area (Å²) in [4.78, 5) is 0. The molecule has 122 valence electrons. The van der Waals surface area contributed by atoms with Crippen LogP contribution in [0.4, 0.5) is 0 Å². The van der Waals surface area contributed by atoms with Gasteiger partial charge in [0.1, 0.15) is 11.9 Å². The Morgan fingerprint density at radius 2 is 1.57 bits per heavy atom. The van der Waals surface area contributed by atoms with Gasteiger partial charge >= 0.3 is 0 Å². The second-order valence-electron chi connectivity index (χ2n) is 7.05. The molecule has 23 heavy (non-hydrogen) atoms. The molecule has 0 aromatic heterocycles. The maximum absolute atomic E-state index is 6.28. The van der Waals surface area contributed by atoms with Gasteiger partial charge in [-0.2, -0.15) is 0 Å². The molecule has 0 bridgehead atoms. The first-order valence-electron chi connectivity index (χ1n) is 8.38. The van der Waals surface area contributed by atoms with Crippen LogP contribution in [0.2, 0.25) is 0 Å². The van der Waals surface area contributed by atoms with Gasteiger partial charge in [0.05, 0.1) is 0 Å². The summed E-state index contributed by atoms with van der Waals surface area (Å²) in [5.74, 6) is 1.96. The van der Waals surface area contributed by atoms with Crippen molar-refractivity contribution in [3.05, 3.63) is 62.1 Å². The van der Waals surface area contributed by atoms with Gasteiger partial charge in [-0.3, -0.25) is 0 Å². The molecule has 0 fully saturated rings. The van der Waals surface area contributed by atoms with Crippen LogP contribution in [0.15, 0.2) is 28.7 Å². The van der Waals surface area contributed by atoms with E-state index in [1.165, 1.54) is 37.9 Å². The van der Waals surface area contributed by atoms with Gasteiger partial charge in [-0.25, -0.2) is 0 Å². The summed E-state index contributed by atoms with van der Waals surface area (Å²) in [5, 5.41) is 0. The molecule has 2 atom stereocenters. The highest BCUT2D eigenvalue weighted by molar-refractivity contribution is 9.10. The molecule has 1 heterocycles. The number of halogens is 1. The number of rotatable bonds is 2. The van der Waals surface area contributed by atoms with Crippen LogP contribution in [0.5, 0.6) is 5.75 Å². The van der Waals surface area contributed by atoms with Crippen molar-refractivity contribution < 1.29 is 4.74 Å². The third-order valence-corrected chi connectivity index (χ3v) is 6.45. The first-order chi connectivity index (χ1) is 10.8. The summed E-state index contributed by atoms with van der Waals surface area (Å²) in [5.41, 5.74) is 7.93. The quantitative estimate of drug-likeness (QED) is 0.591. The van der Waals surface area contributed by atoms with Crippen molar-refractivity contribution in [3.8, 4) is 5.75 Å². The van der Waals surface area contributed by atoms with Crippen LogP contribution in [-0.4, -0.2) is 6.10 Å². The van der Waals surface area contributed by atoms with Gasteiger partial charge in [0.15, 0.2) is 0 Å². The van der Waals surface area contributed by atoms with Crippen molar-refractivity contribution in [3.63, 3.8) is 0 Å². The number of hydrogen-bond acceptors (Lipinski definition) is 1. The van der Waals surface area contributed by atoms with E-state index < -0.39 is 0 Å². The van der Waals surface area contributed by atoms with Crippen molar-refractivity contribution in [1.29, 1.82) is 0 Å². The van der Waals surface area contributed by atoms with Crippen LogP contribution in [0.3, 0.4) is 0 Å². The SMILES string of the molecule is Cc1c(C)c2c(c(C)c1Br)[C@H](c1ccc(C(C)C)cc1)[C@H](C)O2. The van der Waals surface area contributed by atoms with E-state index in [0.29, 0.717) is 11.8 Å². The molecule has 0 saturated carbocycles. The lowest BCUT2D eigenvalue weighted by molar-refractivity contribution is 0.237. The normalized spacial score (nSPS) is 19.8. The van der Waals surface area contributed by atoms with Gasteiger partial charge in [-0.05, 0) is 61.4 Å². The Labute approximate surface area is 148 Å². The number of fused-ring (bicyclic) bond motifs is 1. The fraction of sp³-hybridized carbons (Fsp3) is 0.429. The fourth-order valence-corrected chi connectivity index (χ4v) is 4.16. The molecule has 0 radical (unpaired) electrons. The third-order valence-electron chi connectivity index (χ3n) is 5.26. The van der Waals surface area contributed by atoms with Crippen LogP contribution in [0.25, 0.3) is 0 Å². The molecule has 0 aliphatic carbocycles. The van der Waals surface area contributed by atoms with Crippen LogP contribution in [0, 0.1) is 20.8 Å². The van der Waals surface area contributed by atoms with Crippen molar-refractivity contribution in [2.75, 3.05) is 0 Å². The van der Waals surface area contributed by atoms with E-state index in [0.717, 1.165) is 5.75 Å². The molecular formula is C21H25BrO. The minimum atomic E-state index is 0.168. The monoisotopic (exact) mass is 372 g/mol. The van der Waals surface area contributed by atoms with E-state index in [9.17, 15) is 0 Å². The Hall–Kier alpha value is -1.28. The minimum Gasteiger partial charge on any atom is -0.489 e. The number of benzene rings is 2. The van der Waals surface area contributed by atoms with Gasteiger partial charge in [-0.15, -0.1) is 0 Å². The standard InChI is InChI=1S/C21H25BrO/c1-11(2)16-7-9-17(10-8-16)19-15(6)23-21-13(4)12(3)20(22)14(5)18(19)21/h7-11,15,19H,1-6H3/t15-,19-/m0/s1. The van der Waals surface area contributed by atoms with Crippen LogP contribution < -0.4 is 4.74 Å². The molecule has 0 spiro atoms. The summed E-state index contributed by atoms with van der Waals surface area (Å²) in [6.45, 7) is 13.2. The fourth-order valence-electron chi connectivity index (χ4n) is 3.65. The van der Waals surface area contributed by atoms with Crippen LogP contribution in [-0.2, 0) is 0 Å². The topological polar surface area (TPSA) is 9.23 Å². The summed E-state index contributed by atoms with van der Waals surface area (Å²) >= 11 is 3.78. The molecule has 1 nitrogen and oxygen atoms in total. The second kappa shape index (κ2) is 5.98. The Balaban J connectivity index is 2.14. The zero-order chi connectivity index (χ0) is 16.9. The minimum absolute atomic E-state index is 0.168. The Kier molecular flexibility index (Phi) is 4.31. The van der Waals surface area contributed by atoms with Gasteiger partial charge in [-0.1, -0.05) is 54.0 Å². The van der Waals surface area contributed by atoms with E-state index in [1.807, 2.05) is 0 Å². The first-order valence-corrected chi connectivity index (χ1v) is 9.17. The molecule has 2 aromatic carbocycles. The van der Waals surface area contributed by atoms with Gasteiger partial charge in [0.2, 0.25) is 0 Å². The average molecular weight is 373 g/mol. The summed E-state index contributed by atoms with van der Waals surface area (Å²) in [6.07, 6.45) is 0.168. The Bertz CT molecular complexity index is 744. The molecule has 1 aliphatic heterocycles. The van der Waals surface area contributed by atoms with Crippen molar-refractivity contribution in [2.45, 2.75) is 59.5 Å². The van der Waals surface area contributed by atoms with E-state index in [1.54, 1.807) is 0 Å². The van der Waals surface area contributed by atoms with Gasteiger partial charge < -0.3 is 4.74 Å². The molecule has 0 N–H and O–H groups in total. The lowest BCUT2D eigenvalue weighted by Crippen LogP contribution is -2.15. The van der Waals surface area contributed by atoms with Crippen molar-refractivity contribution in [2.24, 2.45) is 0 Å². The summed E-state index contributed by atoms with van der Waals surface area (Å²) < 4.78 is 7.50. The molecule has 0 unspecified atom stereocenters. The highest BCUT2D eigenvalue weighted by Crippen LogP contribution is 2.49. The van der Waals surface area contributed by atoms with Crippen LogP contribution in [0.1, 0.15) is 66.0 Å². The Morgan fingerprint density at radius 1 is 0.957 bits per heavy atom. The zero-order valence-corrected chi connectivity index (χ0v) is 16.4. The average Bonchev–Trinajstić information content (AvgIpc) is 2.88. The molecule has 2 aromatic rings. The zero-order valence-electron chi connectivity index (χ0n) is 14.8. The highest BCUT2D eigenvalue weighted by Gasteiger charge is 2.36. The van der Waals surface area contributed by atoms with Crippen LogP contribution >= 0.6 is 15.9 Å². The number of ether oxygens (including phenoxy) is 1. The smallest absolute Gasteiger partial charge is 0.127 e. The second-order valence-corrected chi connectivity index (χ2v) is 7.85. The van der Waals surface area contributed by atoms with E-state index >= 15 is 0 Å². The molecular weight excluding hydrogens is 348 g/mol. The molecule has 1 aliphatic rings. The third kappa shape index (κ3) is 2.61. The van der Waals surface area contributed by atoms with E-state index in [2.05, 4.69) is 81.7 Å². The van der Waals surface area contributed by atoms with Crippen molar-refractivity contribution in [1.82, 2.24) is 0 Å². The van der Waals surface area contributed by atoms with Gasteiger partial charge in [0, 0.05) is 16.0 Å². The van der Waals surface area contributed by atoms with Crippen molar-refractivity contribution >= 4 is 15.9 Å².